The summed E-state index contributed by atoms with van der Waals surface area (Å²) >= 11 is 6.02. The number of amides is 1. The van der Waals surface area contributed by atoms with Crippen molar-refractivity contribution in [1.29, 1.82) is 0 Å². The van der Waals surface area contributed by atoms with Gasteiger partial charge in [-0.25, -0.2) is 9.97 Å². The van der Waals surface area contributed by atoms with Crippen LogP contribution in [0.25, 0.3) is 0 Å². The second-order valence-corrected chi connectivity index (χ2v) is 4.57. The summed E-state index contributed by atoms with van der Waals surface area (Å²) in [5.74, 6) is -0.317. The number of hydrogen-bond donors (Lipinski definition) is 2. The molecule has 0 aliphatic rings. The van der Waals surface area contributed by atoms with E-state index in [-0.39, 0.29) is 10.8 Å². The maximum absolute atomic E-state index is 11.4. The molecule has 0 unspecified atom stereocenters. The lowest BCUT2D eigenvalue weighted by Gasteiger charge is -2.11. The van der Waals surface area contributed by atoms with Crippen molar-refractivity contribution in [2.24, 2.45) is 5.73 Å². The molecule has 2 aromatic rings. The van der Waals surface area contributed by atoms with Gasteiger partial charge in [0.25, 0.3) is 5.91 Å². The number of rotatable bonds is 5. The van der Waals surface area contributed by atoms with E-state index in [2.05, 4.69) is 15.3 Å². The number of anilines is 1. The Kier molecular flexibility index (Phi) is 4.53. The van der Waals surface area contributed by atoms with Crippen LogP contribution in [0.1, 0.15) is 28.7 Å². The third kappa shape index (κ3) is 3.24. The standard InChI is InChI=1S/C14H15ClN4O/c1-2-10-12(15)19-14(11(18-10)13(16)20)17-8-9-6-4-3-5-7-9/h3-7H,2,8H2,1H3,(H2,16,20)(H,17,19). The van der Waals surface area contributed by atoms with E-state index in [1.165, 1.54) is 0 Å². The van der Waals surface area contributed by atoms with Gasteiger partial charge in [-0.3, -0.25) is 4.79 Å². The zero-order valence-electron chi connectivity index (χ0n) is 11.1. The average molecular weight is 291 g/mol. The van der Waals surface area contributed by atoms with E-state index in [1.54, 1.807) is 0 Å². The van der Waals surface area contributed by atoms with Crippen LogP contribution in [0.5, 0.6) is 0 Å². The molecule has 1 aromatic heterocycles. The van der Waals surface area contributed by atoms with Crippen LogP contribution in [0.15, 0.2) is 30.3 Å². The highest BCUT2D eigenvalue weighted by Gasteiger charge is 2.15. The third-order valence-corrected chi connectivity index (χ3v) is 3.09. The topological polar surface area (TPSA) is 80.9 Å². The number of carbonyl (C=O) groups excluding carboxylic acids is 1. The lowest BCUT2D eigenvalue weighted by molar-refractivity contribution is 0.0996. The van der Waals surface area contributed by atoms with Crippen LogP contribution in [0.3, 0.4) is 0 Å². The predicted octanol–water partition coefficient (Wildman–Crippen LogP) is 2.40. The van der Waals surface area contributed by atoms with Crippen LogP contribution >= 0.6 is 11.6 Å². The number of benzene rings is 1. The highest BCUT2D eigenvalue weighted by molar-refractivity contribution is 6.30. The normalized spacial score (nSPS) is 10.3. The molecule has 0 aliphatic heterocycles. The van der Waals surface area contributed by atoms with Gasteiger partial charge < -0.3 is 11.1 Å². The number of nitrogens with zero attached hydrogens (tertiary/aromatic N) is 2. The number of halogens is 1. The Hall–Kier alpha value is -2.14. The monoisotopic (exact) mass is 290 g/mol. The lowest BCUT2D eigenvalue weighted by atomic mass is 10.2. The van der Waals surface area contributed by atoms with Crippen molar-refractivity contribution in [3.8, 4) is 0 Å². The first-order valence-electron chi connectivity index (χ1n) is 6.25. The summed E-state index contributed by atoms with van der Waals surface area (Å²) in [6, 6.07) is 9.74. The molecule has 2 rings (SSSR count). The molecule has 0 bridgehead atoms. The van der Waals surface area contributed by atoms with E-state index in [1.807, 2.05) is 37.3 Å². The Morgan fingerprint density at radius 2 is 2.00 bits per heavy atom. The Balaban J connectivity index is 2.26. The molecule has 1 aromatic carbocycles. The van der Waals surface area contributed by atoms with Crippen LogP contribution in [0, 0.1) is 0 Å². The number of hydrogen-bond acceptors (Lipinski definition) is 4. The van der Waals surface area contributed by atoms with E-state index in [0.29, 0.717) is 24.5 Å². The molecule has 0 saturated carbocycles. The van der Waals surface area contributed by atoms with Crippen molar-refractivity contribution in [3.05, 3.63) is 52.4 Å². The van der Waals surface area contributed by atoms with Gasteiger partial charge in [-0.2, -0.15) is 0 Å². The quantitative estimate of drug-likeness (QED) is 0.886. The number of nitrogens with one attached hydrogen (secondary N) is 1. The summed E-state index contributed by atoms with van der Waals surface area (Å²) in [6.07, 6.45) is 0.588. The molecule has 5 nitrogen and oxygen atoms in total. The van der Waals surface area contributed by atoms with E-state index in [4.69, 9.17) is 17.3 Å². The Morgan fingerprint density at radius 1 is 1.30 bits per heavy atom. The lowest BCUT2D eigenvalue weighted by Crippen LogP contribution is -2.19. The van der Waals surface area contributed by atoms with E-state index in [9.17, 15) is 4.79 Å². The number of nitrogens with two attached hydrogens (primary N) is 1. The fraction of sp³-hybridized carbons (Fsp3) is 0.214. The maximum atomic E-state index is 11.4. The maximum Gasteiger partial charge on any atom is 0.271 e. The molecular formula is C14H15ClN4O. The molecule has 0 aliphatic carbocycles. The molecule has 0 saturated heterocycles. The van der Waals surface area contributed by atoms with Crippen molar-refractivity contribution in [1.82, 2.24) is 9.97 Å². The van der Waals surface area contributed by atoms with Crippen molar-refractivity contribution in [2.75, 3.05) is 5.32 Å². The largest absolute Gasteiger partial charge is 0.364 e. The van der Waals surface area contributed by atoms with Crippen LogP contribution in [0.4, 0.5) is 5.82 Å². The molecule has 0 fully saturated rings. The van der Waals surface area contributed by atoms with Gasteiger partial charge in [0.2, 0.25) is 0 Å². The summed E-state index contributed by atoms with van der Waals surface area (Å²) in [6.45, 7) is 2.40. The first kappa shape index (κ1) is 14.3. The van der Waals surface area contributed by atoms with Gasteiger partial charge in [0.15, 0.2) is 16.7 Å². The summed E-state index contributed by atoms with van der Waals surface area (Å²) in [4.78, 5) is 19.8. The molecule has 3 N–H and O–H groups in total. The first-order chi connectivity index (χ1) is 9.61. The van der Waals surface area contributed by atoms with Crippen molar-refractivity contribution >= 4 is 23.3 Å². The number of aromatic nitrogens is 2. The predicted molar refractivity (Wildman–Crippen MR) is 78.7 cm³/mol. The van der Waals surface area contributed by atoms with Crippen molar-refractivity contribution in [3.63, 3.8) is 0 Å². The smallest absolute Gasteiger partial charge is 0.271 e. The van der Waals surface area contributed by atoms with Gasteiger partial charge in [-0.15, -0.1) is 0 Å². The summed E-state index contributed by atoms with van der Waals surface area (Å²) in [7, 11) is 0. The second kappa shape index (κ2) is 6.34. The van der Waals surface area contributed by atoms with Gasteiger partial charge in [-0.05, 0) is 12.0 Å². The first-order valence-corrected chi connectivity index (χ1v) is 6.63. The Bertz CT molecular complexity index is 616. The molecule has 104 valence electrons. The fourth-order valence-corrected chi connectivity index (χ4v) is 2.01. The molecule has 6 heteroatoms. The molecule has 1 heterocycles. The minimum atomic E-state index is -0.626. The average Bonchev–Trinajstić information content (AvgIpc) is 2.46. The Labute approximate surface area is 122 Å². The van der Waals surface area contributed by atoms with Gasteiger partial charge in [0.05, 0.1) is 5.69 Å². The minimum absolute atomic E-state index is 0.113. The number of carbonyl (C=O) groups is 1. The number of aryl methyl sites for hydroxylation is 1. The summed E-state index contributed by atoms with van der Waals surface area (Å²) in [5.41, 5.74) is 7.06. The number of primary amides is 1. The van der Waals surface area contributed by atoms with E-state index < -0.39 is 5.91 Å². The van der Waals surface area contributed by atoms with Gasteiger partial charge in [0, 0.05) is 6.54 Å². The molecule has 0 spiro atoms. The Morgan fingerprint density at radius 3 is 2.60 bits per heavy atom. The zero-order valence-corrected chi connectivity index (χ0v) is 11.8. The van der Waals surface area contributed by atoms with Gasteiger partial charge >= 0.3 is 0 Å². The summed E-state index contributed by atoms with van der Waals surface area (Å²) < 4.78 is 0. The molecule has 1 amide bonds. The molecule has 0 atom stereocenters. The molecule has 0 radical (unpaired) electrons. The van der Waals surface area contributed by atoms with Crippen LogP contribution in [-0.4, -0.2) is 15.9 Å². The van der Waals surface area contributed by atoms with Crippen molar-refractivity contribution < 1.29 is 4.79 Å². The van der Waals surface area contributed by atoms with E-state index >= 15 is 0 Å². The summed E-state index contributed by atoms with van der Waals surface area (Å²) in [5, 5.41) is 3.33. The zero-order chi connectivity index (χ0) is 14.5. The van der Waals surface area contributed by atoms with Crippen LogP contribution in [0.2, 0.25) is 5.15 Å². The SMILES string of the molecule is CCc1nc(C(N)=O)c(NCc2ccccc2)nc1Cl. The minimum Gasteiger partial charge on any atom is -0.364 e. The molecule has 20 heavy (non-hydrogen) atoms. The van der Waals surface area contributed by atoms with Crippen LogP contribution < -0.4 is 11.1 Å². The van der Waals surface area contributed by atoms with Gasteiger partial charge in [-0.1, -0.05) is 48.9 Å². The third-order valence-electron chi connectivity index (χ3n) is 2.79. The highest BCUT2D eigenvalue weighted by Crippen LogP contribution is 2.19. The van der Waals surface area contributed by atoms with Gasteiger partial charge in [0.1, 0.15) is 0 Å². The second-order valence-electron chi connectivity index (χ2n) is 4.22. The van der Waals surface area contributed by atoms with Crippen LogP contribution in [-0.2, 0) is 13.0 Å². The highest BCUT2D eigenvalue weighted by atomic mass is 35.5. The molecular weight excluding hydrogens is 276 g/mol. The van der Waals surface area contributed by atoms with Crippen molar-refractivity contribution in [2.45, 2.75) is 19.9 Å². The fourth-order valence-electron chi connectivity index (χ4n) is 1.75. The van der Waals surface area contributed by atoms with E-state index in [0.717, 1.165) is 5.56 Å².